The van der Waals surface area contributed by atoms with Gasteiger partial charge >= 0.3 is 0 Å². The molecule has 2 heterocycles. The van der Waals surface area contributed by atoms with E-state index in [1.807, 2.05) is 32.0 Å². The summed E-state index contributed by atoms with van der Waals surface area (Å²) in [5.41, 5.74) is 3.41. The predicted octanol–water partition coefficient (Wildman–Crippen LogP) is 3.70. The van der Waals surface area contributed by atoms with Crippen LogP contribution >= 0.6 is 11.3 Å². The number of benzene rings is 1. The Morgan fingerprint density at radius 1 is 1.24 bits per heavy atom. The first-order chi connectivity index (χ1) is 12.1. The monoisotopic (exact) mass is 358 g/mol. The molecule has 5 heteroatoms. The molecule has 0 aliphatic carbocycles. The lowest BCUT2D eigenvalue weighted by Crippen LogP contribution is -2.38. The zero-order chi connectivity index (χ0) is 17.6. The zero-order valence-electron chi connectivity index (χ0n) is 15.0. The van der Waals surface area contributed by atoms with Gasteiger partial charge in [-0.1, -0.05) is 18.2 Å². The van der Waals surface area contributed by atoms with Crippen LogP contribution in [0.15, 0.2) is 35.0 Å². The molecule has 0 bridgehead atoms. The van der Waals surface area contributed by atoms with Crippen LogP contribution in [0.4, 0.5) is 0 Å². The van der Waals surface area contributed by atoms with Gasteiger partial charge < -0.3 is 10.1 Å². The number of nitrogens with zero attached hydrogens (tertiary/aromatic N) is 1. The molecular weight excluding hydrogens is 332 g/mol. The van der Waals surface area contributed by atoms with Gasteiger partial charge in [-0.2, -0.15) is 11.3 Å². The van der Waals surface area contributed by atoms with Crippen LogP contribution in [0.2, 0.25) is 0 Å². The van der Waals surface area contributed by atoms with Gasteiger partial charge in [0, 0.05) is 6.54 Å². The van der Waals surface area contributed by atoms with Gasteiger partial charge in [0.25, 0.3) is 5.91 Å². The Morgan fingerprint density at radius 3 is 2.60 bits per heavy atom. The lowest BCUT2D eigenvalue weighted by atomic mass is 10.1. The maximum atomic E-state index is 12.3. The number of nitrogens with one attached hydrogen (secondary N) is 1. The number of thiophene rings is 1. The maximum absolute atomic E-state index is 12.3. The van der Waals surface area contributed by atoms with Crippen molar-refractivity contribution in [3.63, 3.8) is 0 Å². The van der Waals surface area contributed by atoms with Crippen molar-refractivity contribution in [2.24, 2.45) is 0 Å². The lowest BCUT2D eigenvalue weighted by Gasteiger charge is -2.27. The standard InChI is InChI=1S/C20H26N2O2S/c1-15-6-5-7-16(2)20(15)24-13-19(23)21-12-18(17-8-11-25-14-17)22-9-3-4-10-22/h5-8,11,14,18H,3-4,9-10,12-13H2,1-2H3,(H,21,23). The molecule has 1 aliphatic heterocycles. The molecule has 1 aliphatic rings. The maximum Gasteiger partial charge on any atom is 0.258 e. The van der Waals surface area contributed by atoms with E-state index in [9.17, 15) is 4.79 Å². The molecule has 1 aromatic heterocycles. The minimum absolute atomic E-state index is 0.0576. The molecule has 1 atom stereocenters. The van der Waals surface area contributed by atoms with Crippen LogP contribution in [0.1, 0.15) is 35.6 Å². The average Bonchev–Trinajstić information content (AvgIpc) is 3.29. The highest BCUT2D eigenvalue weighted by Crippen LogP contribution is 2.26. The van der Waals surface area contributed by atoms with E-state index in [4.69, 9.17) is 4.74 Å². The number of rotatable bonds is 7. The van der Waals surface area contributed by atoms with Crippen LogP contribution in [-0.2, 0) is 4.79 Å². The van der Waals surface area contributed by atoms with Crippen LogP contribution in [0.25, 0.3) is 0 Å². The molecule has 1 amide bonds. The number of carbonyl (C=O) groups is 1. The molecule has 0 radical (unpaired) electrons. The van der Waals surface area contributed by atoms with Crippen molar-refractivity contribution in [3.05, 3.63) is 51.7 Å². The molecule has 2 aromatic rings. The molecule has 4 nitrogen and oxygen atoms in total. The van der Waals surface area contributed by atoms with Crippen LogP contribution in [0.5, 0.6) is 5.75 Å². The quantitative estimate of drug-likeness (QED) is 0.821. The van der Waals surface area contributed by atoms with E-state index in [-0.39, 0.29) is 18.6 Å². The van der Waals surface area contributed by atoms with Crippen molar-refractivity contribution in [3.8, 4) is 5.75 Å². The normalized spacial score (nSPS) is 15.9. The largest absolute Gasteiger partial charge is 0.483 e. The number of likely N-dealkylation sites (tertiary alicyclic amines) is 1. The first kappa shape index (κ1) is 18.0. The Labute approximate surface area is 153 Å². The smallest absolute Gasteiger partial charge is 0.258 e. The number of hydrogen-bond acceptors (Lipinski definition) is 4. The molecule has 1 aromatic carbocycles. The van der Waals surface area contributed by atoms with Gasteiger partial charge in [0.2, 0.25) is 0 Å². The van der Waals surface area contributed by atoms with Crippen LogP contribution in [-0.4, -0.2) is 37.0 Å². The summed E-state index contributed by atoms with van der Waals surface area (Å²) in [6.45, 7) is 6.90. The first-order valence-corrected chi connectivity index (χ1v) is 9.81. The number of amides is 1. The Kier molecular flexibility index (Phi) is 6.10. The summed E-state index contributed by atoms with van der Waals surface area (Å²) in [4.78, 5) is 14.7. The molecule has 0 saturated carbocycles. The van der Waals surface area contributed by atoms with Gasteiger partial charge in [0.15, 0.2) is 6.61 Å². The third kappa shape index (κ3) is 4.61. The molecule has 1 saturated heterocycles. The zero-order valence-corrected chi connectivity index (χ0v) is 15.8. The number of ether oxygens (including phenoxy) is 1. The summed E-state index contributed by atoms with van der Waals surface area (Å²) in [6.07, 6.45) is 2.48. The van der Waals surface area contributed by atoms with Gasteiger partial charge in [-0.15, -0.1) is 0 Å². The molecule has 0 spiro atoms. The summed E-state index contributed by atoms with van der Waals surface area (Å²) in [5.74, 6) is 0.744. The minimum Gasteiger partial charge on any atom is -0.483 e. The summed E-state index contributed by atoms with van der Waals surface area (Å²) < 4.78 is 5.75. The highest BCUT2D eigenvalue weighted by molar-refractivity contribution is 7.07. The van der Waals surface area contributed by atoms with Gasteiger partial charge in [0.05, 0.1) is 6.04 Å². The molecule has 1 unspecified atom stereocenters. The lowest BCUT2D eigenvalue weighted by molar-refractivity contribution is -0.123. The van der Waals surface area contributed by atoms with E-state index < -0.39 is 0 Å². The summed E-state index contributed by atoms with van der Waals surface area (Å²) >= 11 is 1.71. The van der Waals surface area contributed by atoms with Crippen molar-refractivity contribution in [1.29, 1.82) is 0 Å². The third-order valence-corrected chi connectivity index (χ3v) is 5.46. The molecule has 134 valence electrons. The van der Waals surface area contributed by atoms with Crippen molar-refractivity contribution in [2.45, 2.75) is 32.7 Å². The number of hydrogen-bond donors (Lipinski definition) is 1. The van der Waals surface area contributed by atoms with Crippen molar-refractivity contribution in [2.75, 3.05) is 26.2 Å². The SMILES string of the molecule is Cc1cccc(C)c1OCC(=O)NCC(c1ccsc1)N1CCCC1. The molecule has 25 heavy (non-hydrogen) atoms. The fourth-order valence-corrected chi connectivity index (χ4v) is 4.11. The van der Waals surface area contributed by atoms with Gasteiger partial charge in [-0.3, -0.25) is 9.69 Å². The van der Waals surface area contributed by atoms with Gasteiger partial charge in [0.1, 0.15) is 5.75 Å². The van der Waals surface area contributed by atoms with E-state index in [0.717, 1.165) is 30.0 Å². The number of carbonyl (C=O) groups excluding carboxylic acids is 1. The molecule has 3 rings (SSSR count). The fraction of sp³-hybridized carbons (Fsp3) is 0.450. The van der Waals surface area contributed by atoms with E-state index in [0.29, 0.717) is 6.54 Å². The second kappa shape index (κ2) is 8.50. The number of para-hydroxylation sites is 1. The third-order valence-electron chi connectivity index (χ3n) is 4.76. The Morgan fingerprint density at radius 2 is 1.96 bits per heavy atom. The number of aryl methyl sites for hydroxylation is 2. The fourth-order valence-electron chi connectivity index (χ4n) is 3.40. The summed E-state index contributed by atoms with van der Waals surface area (Å²) in [6, 6.07) is 8.42. The predicted molar refractivity (Wildman–Crippen MR) is 102 cm³/mol. The highest BCUT2D eigenvalue weighted by Gasteiger charge is 2.24. The van der Waals surface area contributed by atoms with Crippen LogP contribution < -0.4 is 10.1 Å². The minimum atomic E-state index is -0.0675. The Hall–Kier alpha value is -1.85. The topological polar surface area (TPSA) is 41.6 Å². The molecular formula is C20H26N2O2S. The Bertz CT molecular complexity index is 673. The molecule has 1 fully saturated rings. The van der Waals surface area contributed by atoms with E-state index >= 15 is 0 Å². The van der Waals surface area contributed by atoms with Crippen LogP contribution in [0, 0.1) is 13.8 Å². The van der Waals surface area contributed by atoms with Crippen LogP contribution in [0.3, 0.4) is 0 Å². The highest BCUT2D eigenvalue weighted by atomic mass is 32.1. The second-order valence-corrected chi connectivity index (χ2v) is 7.41. The van der Waals surface area contributed by atoms with Crippen molar-refractivity contribution >= 4 is 17.2 Å². The van der Waals surface area contributed by atoms with E-state index in [1.165, 1.54) is 18.4 Å². The van der Waals surface area contributed by atoms with Gasteiger partial charge in [-0.25, -0.2) is 0 Å². The van der Waals surface area contributed by atoms with Crippen molar-refractivity contribution < 1.29 is 9.53 Å². The Balaban J connectivity index is 1.55. The average molecular weight is 359 g/mol. The summed E-state index contributed by atoms with van der Waals surface area (Å²) in [5, 5.41) is 7.34. The van der Waals surface area contributed by atoms with Crippen molar-refractivity contribution in [1.82, 2.24) is 10.2 Å². The molecule has 1 N–H and O–H groups in total. The second-order valence-electron chi connectivity index (χ2n) is 6.63. The first-order valence-electron chi connectivity index (χ1n) is 8.87. The summed E-state index contributed by atoms with van der Waals surface area (Å²) in [7, 11) is 0. The van der Waals surface area contributed by atoms with E-state index in [2.05, 4.69) is 27.0 Å². The van der Waals surface area contributed by atoms with E-state index in [1.54, 1.807) is 11.3 Å². The van der Waals surface area contributed by atoms with Gasteiger partial charge in [-0.05, 0) is 73.3 Å².